The monoisotopic (exact) mass is 270 g/mol. The van der Waals surface area contributed by atoms with Gasteiger partial charge in [-0.3, -0.25) is 4.98 Å². The third kappa shape index (κ3) is 2.20. The first kappa shape index (κ1) is 11.8. The Labute approximate surface area is 115 Å². The second-order valence-electron chi connectivity index (χ2n) is 4.08. The fourth-order valence-electron chi connectivity index (χ4n) is 1.89. The molecule has 0 saturated heterocycles. The Morgan fingerprint density at radius 1 is 0.947 bits per heavy atom. The second-order valence-corrected chi connectivity index (χ2v) is 4.49. The molecule has 94 valence electrons. The molecule has 1 aromatic heterocycles. The van der Waals surface area contributed by atoms with E-state index in [-0.39, 0.29) is 0 Å². The molecule has 0 aliphatic heterocycles. The topological polar surface area (TPSA) is 48.1 Å². The van der Waals surface area contributed by atoms with Crippen LogP contribution in [0.4, 0.5) is 5.69 Å². The van der Waals surface area contributed by atoms with Crippen molar-refractivity contribution in [3.05, 3.63) is 59.8 Å². The number of hydrogen-bond donors (Lipinski definition) is 1. The molecule has 19 heavy (non-hydrogen) atoms. The average molecular weight is 271 g/mol. The molecule has 0 unspecified atom stereocenters. The van der Waals surface area contributed by atoms with Crippen molar-refractivity contribution in [2.45, 2.75) is 0 Å². The molecule has 0 fully saturated rings. The van der Waals surface area contributed by atoms with E-state index in [2.05, 4.69) is 4.98 Å². The van der Waals surface area contributed by atoms with Crippen molar-refractivity contribution >= 4 is 28.2 Å². The van der Waals surface area contributed by atoms with Gasteiger partial charge >= 0.3 is 0 Å². The average Bonchev–Trinajstić information content (AvgIpc) is 2.44. The minimum Gasteiger partial charge on any atom is -0.454 e. The van der Waals surface area contributed by atoms with Gasteiger partial charge in [-0.15, -0.1) is 0 Å². The fraction of sp³-hybridized carbons (Fsp3) is 0. The van der Waals surface area contributed by atoms with E-state index < -0.39 is 0 Å². The zero-order valence-corrected chi connectivity index (χ0v) is 10.8. The van der Waals surface area contributed by atoms with E-state index in [4.69, 9.17) is 22.1 Å². The van der Waals surface area contributed by atoms with Crippen LogP contribution in [0.3, 0.4) is 0 Å². The summed E-state index contributed by atoms with van der Waals surface area (Å²) >= 11 is 5.98. The molecule has 0 aliphatic rings. The number of halogens is 1. The standard InChI is InChI=1S/C15H11ClN2O/c16-11-5-1-8-14(15(11)17)19-13-7-2-6-12-10(13)4-3-9-18-12/h1-9H,17H2. The fourth-order valence-corrected chi connectivity index (χ4v) is 2.05. The predicted molar refractivity (Wildman–Crippen MR) is 77.7 cm³/mol. The molecule has 3 aromatic rings. The Bertz CT molecular complexity index is 738. The van der Waals surface area contributed by atoms with Crippen molar-refractivity contribution in [1.82, 2.24) is 4.98 Å². The Hall–Kier alpha value is -2.26. The Morgan fingerprint density at radius 3 is 2.63 bits per heavy atom. The van der Waals surface area contributed by atoms with Crippen molar-refractivity contribution in [3.8, 4) is 11.5 Å². The van der Waals surface area contributed by atoms with Gasteiger partial charge in [0.2, 0.25) is 0 Å². The largest absolute Gasteiger partial charge is 0.454 e. The minimum absolute atomic E-state index is 0.435. The van der Waals surface area contributed by atoms with Crippen molar-refractivity contribution in [2.24, 2.45) is 0 Å². The van der Waals surface area contributed by atoms with Crippen LogP contribution in [-0.2, 0) is 0 Å². The van der Waals surface area contributed by atoms with E-state index in [1.807, 2.05) is 30.3 Å². The van der Waals surface area contributed by atoms with Gasteiger partial charge in [-0.1, -0.05) is 23.7 Å². The lowest BCUT2D eigenvalue weighted by Gasteiger charge is -2.11. The maximum atomic E-state index is 5.98. The summed E-state index contributed by atoms with van der Waals surface area (Å²) in [5.74, 6) is 1.25. The van der Waals surface area contributed by atoms with Crippen LogP contribution in [0.2, 0.25) is 5.02 Å². The van der Waals surface area contributed by atoms with Gasteiger partial charge < -0.3 is 10.5 Å². The van der Waals surface area contributed by atoms with Crippen molar-refractivity contribution < 1.29 is 4.74 Å². The highest BCUT2D eigenvalue weighted by Crippen LogP contribution is 2.35. The number of pyridine rings is 1. The van der Waals surface area contributed by atoms with E-state index >= 15 is 0 Å². The summed E-state index contributed by atoms with van der Waals surface area (Å²) in [4.78, 5) is 4.29. The van der Waals surface area contributed by atoms with Gasteiger partial charge in [0.25, 0.3) is 0 Å². The summed E-state index contributed by atoms with van der Waals surface area (Å²) < 4.78 is 5.85. The van der Waals surface area contributed by atoms with Crippen LogP contribution in [0.1, 0.15) is 0 Å². The summed E-state index contributed by atoms with van der Waals surface area (Å²) in [6.45, 7) is 0. The summed E-state index contributed by atoms with van der Waals surface area (Å²) in [6.07, 6.45) is 1.75. The maximum absolute atomic E-state index is 5.98. The van der Waals surface area contributed by atoms with E-state index in [0.29, 0.717) is 22.2 Å². The second kappa shape index (κ2) is 4.78. The maximum Gasteiger partial charge on any atom is 0.151 e. The highest BCUT2D eigenvalue weighted by Gasteiger charge is 2.08. The summed E-state index contributed by atoms with van der Waals surface area (Å²) in [6, 6.07) is 14.9. The molecule has 0 spiro atoms. The molecular weight excluding hydrogens is 260 g/mol. The number of benzene rings is 2. The smallest absolute Gasteiger partial charge is 0.151 e. The summed E-state index contributed by atoms with van der Waals surface area (Å²) in [7, 11) is 0. The number of nitrogens with zero attached hydrogens (tertiary/aromatic N) is 1. The molecule has 0 radical (unpaired) electrons. The molecule has 0 aliphatic carbocycles. The first-order chi connectivity index (χ1) is 9.25. The van der Waals surface area contributed by atoms with Crippen LogP contribution in [0, 0.1) is 0 Å². The Morgan fingerprint density at radius 2 is 1.74 bits per heavy atom. The predicted octanol–water partition coefficient (Wildman–Crippen LogP) is 4.26. The molecule has 3 rings (SSSR count). The summed E-state index contributed by atoms with van der Waals surface area (Å²) in [5.41, 5.74) is 7.21. The van der Waals surface area contributed by atoms with E-state index in [1.165, 1.54) is 0 Å². The summed E-state index contributed by atoms with van der Waals surface area (Å²) in [5, 5.41) is 1.42. The molecule has 2 N–H and O–H groups in total. The van der Waals surface area contributed by atoms with Gasteiger partial charge in [0.1, 0.15) is 5.75 Å². The number of ether oxygens (including phenoxy) is 1. The highest BCUT2D eigenvalue weighted by atomic mass is 35.5. The third-order valence-electron chi connectivity index (χ3n) is 2.84. The molecule has 0 atom stereocenters. The lowest BCUT2D eigenvalue weighted by Crippen LogP contribution is -1.93. The molecule has 0 amide bonds. The zero-order chi connectivity index (χ0) is 13.2. The van der Waals surface area contributed by atoms with Crippen LogP contribution in [0.25, 0.3) is 10.9 Å². The van der Waals surface area contributed by atoms with Crippen LogP contribution < -0.4 is 10.5 Å². The van der Waals surface area contributed by atoms with Gasteiger partial charge in [-0.2, -0.15) is 0 Å². The molecular formula is C15H11ClN2O. The molecule has 0 bridgehead atoms. The van der Waals surface area contributed by atoms with Crippen molar-refractivity contribution in [3.63, 3.8) is 0 Å². The Kier molecular flexibility index (Phi) is 2.97. The van der Waals surface area contributed by atoms with Gasteiger partial charge in [0.15, 0.2) is 5.75 Å². The quantitative estimate of drug-likeness (QED) is 0.708. The van der Waals surface area contributed by atoms with Crippen molar-refractivity contribution in [2.75, 3.05) is 5.73 Å². The van der Waals surface area contributed by atoms with Crippen molar-refractivity contribution in [1.29, 1.82) is 0 Å². The number of para-hydroxylation sites is 1. The van der Waals surface area contributed by atoms with Crippen LogP contribution in [0.15, 0.2) is 54.7 Å². The Balaban J connectivity index is 2.09. The molecule has 4 heteroatoms. The third-order valence-corrected chi connectivity index (χ3v) is 3.17. The lowest BCUT2D eigenvalue weighted by molar-refractivity contribution is 0.491. The minimum atomic E-state index is 0.435. The van der Waals surface area contributed by atoms with Gasteiger partial charge in [-0.25, -0.2) is 0 Å². The van der Waals surface area contributed by atoms with E-state index in [0.717, 1.165) is 10.9 Å². The number of fused-ring (bicyclic) bond motifs is 1. The van der Waals surface area contributed by atoms with Gasteiger partial charge in [0.05, 0.1) is 16.2 Å². The highest BCUT2D eigenvalue weighted by molar-refractivity contribution is 6.33. The van der Waals surface area contributed by atoms with Gasteiger partial charge in [-0.05, 0) is 36.4 Å². The first-order valence-corrected chi connectivity index (χ1v) is 6.19. The van der Waals surface area contributed by atoms with Crippen LogP contribution in [0.5, 0.6) is 11.5 Å². The first-order valence-electron chi connectivity index (χ1n) is 5.81. The normalized spacial score (nSPS) is 10.6. The molecule has 2 aromatic carbocycles. The molecule has 3 nitrogen and oxygen atoms in total. The van der Waals surface area contributed by atoms with Crippen LogP contribution >= 0.6 is 11.6 Å². The molecule has 1 heterocycles. The number of nitrogens with two attached hydrogens (primary N) is 1. The SMILES string of the molecule is Nc1c(Cl)cccc1Oc1cccc2ncccc12. The number of rotatable bonds is 2. The van der Waals surface area contributed by atoms with E-state index in [1.54, 1.807) is 24.4 Å². The van der Waals surface area contributed by atoms with Gasteiger partial charge in [0, 0.05) is 11.6 Å². The van der Waals surface area contributed by atoms with Crippen LogP contribution in [-0.4, -0.2) is 4.98 Å². The number of aromatic nitrogens is 1. The zero-order valence-electron chi connectivity index (χ0n) is 10.0. The number of anilines is 1. The number of nitrogen functional groups attached to an aromatic ring is 1. The van der Waals surface area contributed by atoms with E-state index in [9.17, 15) is 0 Å². The lowest BCUT2D eigenvalue weighted by atomic mass is 10.2. The number of hydrogen-bond acceptors (Lipinski definition) is 3. The molecule has 0 saturated carbocycles.